The van der Waals surface area contributed by atoms with Crippen LogP contribution in [0.1, 0.15) is 16.7 Å². The first kappa shape index (κ1) is 19.2. The van der Waals surface area contributed by atoms with Gasteiger partial charge in [0.25, 0.3) is 5.91 Å². The van der Waals surface area contributed by atoms with Crippen LogP contribution in [0, 0.1) is 0 Å². The van der Waals surface area contributed by atoms with E-state index < -0.39 is 17.6 Å². The van der Waals surface area contributed by atoms with Crippen LogP contribution in [-0.2, 0) is 22.4 Å². The lowest BCUT2D eigenvalue weighted by Gasteiger charge is -2.15. The van der Waals surface area contributed by atoms with Crippen LogP contribution in [-0.4, -0.2) is 30.8 Å². The van der Waals surface area contributed by atoms with Gasteiger partial charge >= 0.3 is 6.18 Å². The van der Waals surface area contributed by atoms with E-state index in [1.54, 1.807) is 18.2 Å². The van der Waals surface area contributed by atoms with Crippen molar-refractivity contribution in [2.24, 2.45) is 5.16 Å². The first-order chi connectivity index (χ1) is 12.4. The van der Waals surface area contributed by atoms with Crippen molar-refractivity contribution >= 4 is 11.6 Å². The Morgan fingerprint density at radius 2 is 2.04 bits per heavy atom. The minimum absolute atomic E-state index is 0.0445. The van der Waals surface area contributed by atoms with Gasteiger partial charge in [0.2, 0.25) is 5.88 Å². The summed E-state index contributed by atoms with van der Waals surface area (Å²) in [5.74, 6) is -0.395. The van der Waals surface area contributed by atoms with Gasteiger partial charge in [-0.15, -0.1) is 0 Å². The van der Waals surface area contributed by atoms with Gasteiger partial charge in [0.15, 0.2) is 5.71 Å². The molecule has 26 heavy (non-hydrogen) atoms. The maximum atomic E-state index is 13.1. The average Bonchev–Trinajstić information content (AvgIpc) is 2.64. The fourth-order valence-corrected chi connectivity index (χ4v) is 2.11. The van der Waals surface area contributed by atoms with E-state index in [1.807, 2.05) is 0 Å². The van der Waals surface area contributed by atoms with E-state index in [0.717, 1.165) is 12.1 Å². The predicted octanol–water partition coefficient (Wildman–Crippen LogP) is 2.78. The number of rotatable bonds is 6. The van der Waals surface area contributed by atoms with Crippen molar-refractivity contribution in [3.8, 4) is 5.88 Å². The number of benzene rings is 1. The van der Waals surface area contributed by atoms with Crippen molar-refractivity contribution in [1.29, 1.82) is 0 Å². The minimum Gasteiger partial charge on any atom is -0.473 e. The number of hydrogen-bond donors (Lipinski definition) is 1. The fourth-order valence-electron chi connectivity index (χ4n) is 2.11. The number of aromatic nitrogens is 1. The summed E-state index contributed by atoms with van der Waals surface area (Å²) in [6, 6.07) is 7.99. The van der Waals surface area contributed by atoms with Crippen LogP contribution < -0.4 is 10.1 Å². The number of nitrogens with zero attached hydrogens (tertiary/aromatic N) is 2. The number of oxime groups is 1. The molecular weight excluding hydrogens is 351 g/mol. The number of carbonyl (C=O) groups is 1. The van der Waals surface area contributed by atoms with E-state index in [2.05, 4.69) is 20.3 Å². The number of alkyl halides is 3. The van der Waals surface area contributed by atoms with Crippen molar-refractivity contribution < 1.29 is 27.5 Å². The normalized spacial score (nSPS) is 11.8. The number of pyridine rings is 1. The maximum absolute atomic E-state index is 13.1. The molecule has 0 atom stereocenters. The summed E-state index contributed by atoms with van der Waals surface area (Å²) in [6.45, 7) is -0.107. The highest BCUT2D eigenvalue weighted by Crippen LogP contribution is 2.31. The number of carbonyl (C=O) groups excluding carboxylic acids is 1. The Kier molecular flexibility index (Phi) is 6.16. The van der Waals surface area contributed by atoms with Crippen LogP contribution >= 0.6 is 0 Å². The van der Waals surface area contributed by atoms with Gasteiger partial charge < -0.3 is 14.9 Å². The van der Waals surface area contributed by atoms with Crippen LogP contribution in [0.5, 0.6) is 5.88 Å². The summed E-state index contributed by atoms with van der Waals surface area (Å²) >= 11 is 0. The second-order valence-electron chi connectivity index (χ2n) is 5.03. The first-order valence-electron chi connectivity index (χ1n) is 7.44. The van der Waals surface area contributed by atoms with E-state index in [4.69, 9.17) is 4.74 Å². The second kappa shape index (κ2) is 8.32. The molecule has 2 rings (SSSR count). The molecule has 0 bridgehead atoms. The van der Waals surface area contributed by atoms with Crippen LogP contribution in [0.15, 0.2) is 47.8 Å². The molecule has 0 saturated heterocycles. The zero-order valence-electron chi connectivity index (χ0n) is 14.0. The highest BCUT2D eigenvalue weighted by molar-refractivity contribution is 6.45. The van der Waals surface area contributed by atoms with Gasteiger partial charge in [0.1, 0.15) is 13.7 Å². The van der Waals surface area contributed by atoms with E-state index in [1.165, 1.54) is 26.4 Å². The standard InChI is InChI=1S/C17H16F3N3O3/c1-21-16(24)15(23-25-2)13-9-12(17(18,19)20)7-6-11(13)10-26-14-5-3-4-8-22-14/h3-9H,10H2,1-2H3,(H,21,24). The maximum Gasteiger partial charge on any atom is 0.416 e. The predicted molar refractivity (Wildman–Crippen MR) is 87.6 cm³/mol. The zero-order chi connectivity index (χ0) is 19.2. The summed E-state index contributed by atoms with van der Waals surface area (Å²) in [5, 5.41) is 5.89. The third-order valence-electron chi connectivity index (χ3n) is 3.33. The highest BCUT2D eigenvalue weighted by Gasteiger charge is 2.32. The third-order valence-corrected chi connectivity index (χ3v) is 3.33. The molecule has 1 aromatic carbocycles. The van der Waals surface area contributed by atoms with E-state index in [-0.39, 0.29) is 17.9 Å². The van der Waals surface area contributed by atoms with Crippen molar-refractivity contribution in [3.05, 3.63) is 59.3 Å². The van der Waals surface area contributed by atoms with Crippen LogP contribution in [0.4, 0.5) is 13.2 Å². The van der Waals surface area contributed by atoms with Gasteiger partial charge in [-0.25, -0.2) is 4.98 Å². The molecule has 0 spiro atoms. The number of nitrogens with one attached hydrogen (secondary N) is 1. The summed E-state index contributed by atoms with van der Waals surface area (Å²) < 4.78 is 44.7. The summed E-state index contributed by atoms with van der Waals surface area (Å²) in [7, 11) is 2.53. The smallest absolute Gasteiger partial charge is 0.416 e. The number of hydrogen-bond acceptors (Lipinski definition) is 5. The Morgan fingerprint density at radius 3 is 2.62 bits per heavy atom. The Bertz CT molecular complexity index is 793. The third kappa shape index (κ3) is 4.71. The molecule has 1 heterocycles. The van der Waals surface area contributed by atoms with Gasteiger partial charge in [-0.2, -0.15) is 13.2 Å². The zero-order valence-corrected chi connectivity index (χ0v) is 14.0. The SMILES string of the molecule is CNC(=O)C(=NOC)c1cc(C(F)(F)F)ccc1COc1ccccn1. The Hall–Kier alpha value is -3.10. The number of halogens is 3. The molecule has 0 fully saturated rings. The Morgan fingerprint density at radius 1 is 1.27 bits per heavy atom. The molecule has 2 aromatic rings. The fraction of sp³-hybridized carbons (Fsp3) is 0.235. The largest absolute Gasteiger partial charge is 0.473 e. The van der Waals surface area contributed by atoms with Crippen molar-refractivity contribution in [1.82, 2.24) is 10.3 Å². The molecule has 6 nitrogen and oxygen atoms in total. The van der Waals surface area contributed by atoms with E-state index in [9.17, 15) is 18.0 Å². The molecule has 138 valence electrons. The van der Waals surface area contributed by atoms with Gasteiger partial charge in [-0.3, -0.25) is 4.79 Å². The molecule has 1 aromatic heterocycles. The lowest BCUT2D eigenvalue weighted by molar-refractivity contribution is -0.137. The highest BCUT2D eigenvalue weighted by atomic mass is 19.4. The second-order valence-corrected chi connectivity index (χ2v) is 5.03. The topological polar surface area (TPSA) is 72.8 Å². The average molecular weight is 367 g/mol. The molecule has 0 aliphatic heterocycles. The number of likely N-dealkylation sites (N-methyl/N-ethyl adjacent to an activating group) is 1. The van der Waals surface area contributed by atoms with Crippen molar-refractivity contribution in [3.63, 3.8) is 0 Å². The van der Waals surface area contributed by atoms with Gasteiger partial charge in [-0.05, 0) is 23.8 Å². The van der Waals surface area contributed by atoms with Gasteiger partial charge in [0, 0.05) is 24.9 Å². The summed E-state index contributed by atoms with van der Waals surface area (Å²) in [6.07, 6.45) is -3.05. The molecular formula is C17H16F3N3O3. The summed E-state index contributed by atoms with van der Waals surface area (Å²) in [5.41, 5.74) is -0.928. The van der Waals surface area contributed by atoms with Crippen molar-refractivity contribution in [2.45, 2.75) is 12.8 Å². The quantitative estimate of drug-likeness (QED) is 0.629. The first-order valence-corrected chi connectivity index (χ1v) is 7.44. The van der Waals surface area contributed by atoms with Crippen LogP contribution in [0.2, 0.25) is 0 Å². The lowest BCUT2D eigenvalue weighted by Crippen LogP contribution is -2.30. The van der Waals surface area contributed by atoms with Gasteiger partial charge in [-0.1, -0.05) is 17.3 Å². The van der Waals surface area contributed by atoms with Crippen LogP contribution in [0.25, 0.3) is 0 Å². The molecule has 1 amide bonds. The van der Waals surface area contributed by atoms with Crippen LogP contribution in [0.3, 0.4) is 0 Å². The number of amides is 1. The van der Waals surface area contributed by atoms with Gasteiger partial charge in [0.05, 0.1) is 5.56 Å². The van der Waals surface area contributed by atoms with E-state index >= 15 is 0 Å². The molecule has 0 unspecified atom stereocenters. The van der Waals surface area contributed by atoms with E-state index in [0.29, 0.717) is 11.4 Å². The number of ether oxygens (including phenoxy) is 1. The molecule has 0 aliphatic carbocycles. The Labute approximate surface area is 147 Å². The molecule has 0 aliphatic rings. The molecule has 0 radical (unpaired) electrons. The molecule has 1 N–H and O–H groups in total. The lowest BCUT2D eigenvalue weighted by atomic mass is 9.99. The van der Waals surface area contributed by atoms with Crippen molar-refractivity contribution in [2.75, 3.05) is 14.2 Å². The summed E-state index contributed by atoms with van der Waals surface area (Å²) in [4.78, 5) is 20.6. The Balaban J connectivity index is 2.46. The molecule has 0 saturated carbocycles. The molecule has 9 heteroatoms. The monoisotopic (exact) mass is 367 g/mol. The minimum atomic E-state index is -4.57.